The van der Waals surface area contributed by atoms with Gasteiger partial charge in [0.25, 0.3) is 0 Å². The van der Waals surface area contributed by atoms with E-state index in [2.05, 4.69) is 0 Å². The Kier molecular flexibility index (Phi) is 6.19. The van der Waals surface area contributed by atoms with Crippen LogP contribution in [0.3, 0.4) is 0 Å². The molecule has 1 atom stereocenters. The molecule has 5 heteroatoms. The molecule has 0 aromatic heterocycles. The van der Waals surface area contributed by atoms with Crippen molar-refractivity contribution in [3.05, 3.63) is 101 Å². The Morgan fingerprint density at radius 3 is 1.79 bits per heavy atom. The van der Waals surface area contributed by atoms with Crippen molar-refractivity contribution >= 4 is 17.5 Å². The van der Waals surface area contributed by atoms with Gasteiger partial charge in [-0.3, -0.25) is 9.59 Å². The summed E-state index contributed by atoms with van der Waals surface area (Å²) in [7, 11) is 1.54. The van der Waals surface area contributed by atoms with Gasteiger partial charge in [-0.15, -0.1) is 0 Å². The van der Waals surface area contributed by atoms with E-state index < -0.39 is 12.1 Å². The van der Waals surface area contributed by atoms with E-state index in [1.54, 1.807) is 67.8 Å². The smallest absolute Gasteiger partial charge is 0.338 e. The Morgan fingerprint density at radius 2 is 1.21 bits per heavy atom. The molecule has 146 valence electrons. The van der Waals surface area contributed by atoms with Crippen LogP contribution < -0.4 is 4.74 Å². The molecule has 0 spiro atoms. The van der Waals surface area contributed by atoms with E-state index in [9.17, 15) is 14.4 Å². The summed E-state index contributed by atoms with van der Waals surface area (Å²) in [6.07, 6.45) is -0.943. The largest absolute Gasteiger partial charge is 0.497 e. The third kappa shape index (κ3) is 4.76. The lowest BCUT2D eigenvalue weighted by molar-refractivity contribution is 0.0318. The second kappa shape index (κ2) is 8.97. The summed E-state index contributed by atoms with van der Waals surface area (Å²) in [6.45, 7) is 1.53. The van der Waals surface area contributed by atoms with Crippen LogP contribution in [-0.2, 0) is 4.74 Å². The van der Waals surface area contributed by atoms with Crippen LogP contribution in [-0.4, -0.2) is 30.7 Å². The minimum atomic E-state index is -0.943. The van der Waals surface area contributed by atoms with Crippen molar-refractivity contribution in [2.75, 3.05) is 7.11 Å². The molecular weight excluding hydrogens is 368 g/mol. The first-order valence-corrected chi connectivity index (χ1v) is 9.08. The van der Waals surface area contributed by atoms with Crippen molar-refractivity contribution in [2.45, 2.75) is 13.0 Å². The van der Waals surface area contributed by atoms with Crippen molar-refractivity contribution < 1.29 is 23.9 Å². The van der Waals surface area contributed by atoms with Crippen molar-refractivity contribution in [2.24, 2.45) is 0 Å². The van der Waals surface area contributed by atoms with Gasteiger partial charge in [-0.2, -0.15) is 0 Å². The van der Waals surface area contributed by atoms with Crippen LogP contribution in [0.1, 0.15) is 43.6 Å². The van der Waals surface area contributed by atoms with Gasteiger partial charge in [0.2, 0.25) is 5.78 Å². The monoisotopic (exact) mass is 388 g/mol. The molecule has 0 radical (unpaired) electrons. The maximum absolute atomic E-state index is 12.4. The Balaban J connectivity index is 1.65. The fourth-order valence-electron chi connectivity index (χ4n) is 2.79. The molecule has 0 heterocycles. The molecule has 3 rings (SSSR count). The molecule has 0 unspecified atom stereocenters. The second-order valence-corrected chi connectivity index (χ2v) is 6.41. The predicted octanol–water partition coefficient (Wildman–Crippen LogP) is 4.35. The number of hydrogen-bond donors (Lipinski definition) is 0. The van der Waals surface area contributed by atoms with Crippen LogP contribution in [0.2, 0.25) is 0 Å². The SMILES string of the molecule is COc1ccc(C(=O)[C@H](C)OC(=O)c2ccc(C(=O)c3ccccc3)cc2)cc1. The molecule has 0 aliphatic heterocycles. The van der Waals surface area contributed by atoms with E-state index in [4.69, 9.17) is 9.47 Å². The highest BCUT2D eigenvalue weighted by molar-refractivity contribution is 6.09. The highest BCUT2D eigenvalue weighted by Gasteiger charge is 2.21. The number of rotatable bonds is 7. The third-order valence-corrected chi connectivity index (χ3v) is 4.45. The first-order chi connectivity index (χ1) is 14.0. The minimum absolute atomic E-state index is 0.131. The number of ether oxygens (including phenoxy) is 2. The van der Waals surface area contributed by atoms with E-state index in [-0.39, 0.29) is 17.1 Å². The molecule has 5 nitrogen and oxygen atoms in total. The summed E-state index contributed by atoms with van der Waals surface area (Å²) in [4.78, 5) is 37.2. The van der Waals surface area contributed by atoms with E-state index in [0.29, 0.717) is 22.4 Å². The molecule has 0 saturated heterocycles. The van der Waals surface area contributed by atoms with Crippen molar-refractivity contribution in [3.8, 4) is 5.75 Å². The second-order valence-electron chi connectivity index (χ2n) is 6.41. The van der Waals surface area contributed by atoms with E-state index in [1.165, 1.54) is 19.1 Å². The number of Topliss-reactive ketones (excluding diaryl/α,β-unsaturated/α-hetero) is 1. The topological polar surface area (TPSA) is 69.7 Å². The molecule has 0 fully saturated rings. The molecule has 3 aromatic carbocycles. The normalized spacial score (nSPS) is 11.4. The molecule has 0 amide bonds. The van der Waals surface area contributed by atoms with Gasteiger partial charge in [0.05, 0.1) is 12.7 Å². The molecule has 0 saturated carbocycles. The highest BCUT2D eigenvalue weighted by Crippen LogP contribution is 2.16. The zero-order valence-corrected chi connectivity index (χ0v) is 16.1. The summed E-state index contributed by atoms with van der Waals surface area (Å²) in [5, 5.41) is 0. The lowest BCUT2D eigenvalue weighted by Gasteiger charge is -2.13. The fraction of sp³-hybridized carbons (Fsp3) is 0.125. The quantitative estimate of drug-likeness (QED) is 0.444. The Hall–Kier alpha value is -3.73. The van der Waals surface area contributed by atoms with Crippen LogP contribution >= 0.6 is 0 Å². The standard InChI is InChI=1S/C24H20O5/c1-16(22(25)18-12-14-21(28-2)15-13-18)29-24(27)20-10-8-19(9-11-20)23(26)17-6-4-3-5-7-17/h3-16H,1-2H3/t16-/m0/s1. The lowest BCUT2D eigenvalue weighted by atomic mass is 10.0. The molecule has 0 aliphatic carbocycles. The average molecular weight is 388 g/mol. The zero-order chi connectivity index (χ0) is 20.8. The van der Waals surface area contributed by atoms with E-state index in [0.717, 1.165) is 0 Å². The maximum atomic E-state index is 12.4. The van der Waals surface area contributed by atoms with Crippen LogP contribution in [0.25, 0.3) is 0 Å². The number of methoxy groups -OCH3 is 1. The van der Waals surface area contributed by atoms with Gasteiger partial charge in [-0.05, 0) is 43.3 Å². The fourth-order valence-corrected chi connectivity index (χ4v) is 2.79. The number of carbonyl (C=O) groups excluding carboxylic acids is 3. The lowest BCUT2D eigenvalue weighted by Crippen LogP contribution is -2.24. The number of ketones is 2. The van der Waals surface area contributed by atoms with E-state index >= 15 is 0 Å². The van der Waals surface area contributed by atoms with E-state index in [1.807, 2.05) is 6.07 Å². The van der Waals surface area contributed by atoms with Crippen LogP contribution in [0, 0.1) is 0 Å². The van der Waals surface area contributed by atoms with Crippen LogP contribution in [0.4, 0.5) is 0 Å². The molecule has 0 N–H and O–H groups in total. The van der Waals surface area contributed by atoms with Gasteiger partial charge in [0.1, 0.15) is 5.75 Å². The first kappa shape index (κ1) is 20.0. The Morgan fingerprint density at radius 1 is 0.690 bits per heavy atom. The van der Waals surface area contributed by atoms with Crippen molar-refractivity contribution in [3.63, 3.8) is 0 Å². The van der Waals surface area contributed by atoms with Crippen LogP contribution in [0.15, 0.2) is 78.9 Å². The maximum Gasteiger partial charge on any atom is 0.338 e. The number of esters is 1. The summed E-state index contributed by atoms with van der Waals surface area (Å²) in [5.41, 5.74) is 1.73. The highest BCUT2D eigenvalue weighted by atomic mass is 16.5. The summed E-state index contributed by atoms with van der Waals surface area (Å²) >= 11 is 0. The Labute approximate surface area is 168 Å². The number of carbonyl (C=O) groups is 3. The number of benzene rings is 3. The number of hydrogen-bond acceptors (Lipinski definition) is 5. The summed E-state index contributed by atoms with van der Waals surface area (Å²) in [6, 6.07) is 21.6. The van der Waals surface area contributed by atoms with Gasteiger partial charge in [0.15, 0.2) is 11.9 Å². The van der Waals surface area contributed by atoms with Gasteiger partial charge in [-0.25, -0.2) is 4.79 Å². The molecule has 3 aromatic rings. The minimum Gasteiger partial charge on any atom is -0.497 e. The Bertz CT molecular complexity index is 1010. The molecule has 0 aliphatic rings. The van der Waals surface area contributed by atoms with Gasteiger partial charge in [-0.1, -0.05) is 42.5 Å². The zero-order valence-electron chi connectivity index (χ0n) is 16.1. The van der Waals surface area contributed by atoms with Gasteiger partial charge >= 0.3 is 5.97 Å². The predicted molar refractivity (Wildman–Crippen MR) is 109 cm³/mol. The van der Waals surface area contributed by atoms with Crippen molar-refractivity contribution in [1.82, 2.24) is 0 Å². The van der Waals surface area contributed by atoms with Gasteiger partial charge < -0.3 is 9.47 Å². The van der Waals surface area contributed by atoms with Crippen LogP contribution in [0.5, 0.6) is 5.75 Å². The molecule has 0 bridgehead atoms. The first-order valence-electron chi connectivity index (χ1n) is 9.08. The van der Waals surface area contributed by atoms with Gasteiger partial charge in [0, 0.05) is 16.7 Å². The molecule has 29 heavy (non-hydrogen) atoms. The average Bonchev–Trinajstić information content (AvgIpc) is 2.78. The molecular formula is C24H20O5. The summed E-state index contributed by atoms with van der Waals surface area (Å²) < 4.78 is 10.4. The summed E-state index contributed by atoms with van der Waals surface area (Å²) in [5.74, 6) is -0.431. The third-order valence-electron chi connectivity index (χ3n) is 4.45. The van der Waals surface area contributed by atoms with Crippen molar-refractivity contribution in [1.29, 1.82) is 0 Å².